The number of amides is 1. The lowest BCUT2D eigenvalue weighted by Gasteiger charge is -2.37. The van der Waals surface area contributed by atoms with Crippen LogP contribution in [0.3, 0.4) is 0 Å². The Morgan fingerprint density at radius 3 is 2.11 bits per heavy atom. The lowest BCUT2D eigenvalue weighted by molar-refractivity contribution is 0.0746. The first kappa shape index (κ1) is 20.4. The van der Waals surface area contributed by atoms with Crippen molar-refractivity contribution < 1.29 is 13.2 Å². The van der Waals surface area contributed by atoms with Crippen LogP contribution < -0.4 is 4.90 Å². The number of sulfonamides is 1. The molecule has 2 aromatic carbocycles. The van der Waals surface area contributed by atoms with Gasteiger partial charge in [-0.2, -0.15) is 0 Å². The molecule has 6 nitrogen and oxygen atoms in total. The molecule has 0 unspecified atom stereocenters. The number of benzene rings is 2. The van der Waals surface area contributed by atoms with Gasteiger partial charge in [0.1, 0.15) is 0 Å². The molecule has 0 atom stereocenters. The molecule has 0 saturated carbocycles. The molecule has 1 amide bonds. The van der Waals surface area contributed by atoms with Crippen molar-refractivity contribution in [3.05, 3.63) is 59.2 Å². The summed E-state index contributed by atoms with van der Waals surface area (Å²) in [4.78, 5) is 17.1. The first-order valence-corrected chi connectivity index (χ1v) is 10.8. The summed E-state index contributed by atoms with van der Waals surface area (Å²) in [5.74, 6) is -0.0607. The number of aryl methyl sites for hydroxylation is 1. The summed E-state index contributed by atoms with van der Waals surface area (Å²) in [6.07, 6.45) is 0. The molecule has 0 N–H and O–H groups in total. The summed E-state index contributed by atoms with van der Waals surface area (Å²) in [7, 11) is -0.508. The predicted molar refractivity (Wildman–Crippen MR) is 111 cm³/mol. The van der Waals surface area contributed by atoms with Gasteiger partial charge in [0.2, 0.25) is 10.0 Å². The zero-order valence-corrected chi connectivity index (χ0v) is 17.7. The highest BCUT2D eigenvalue weighted by molar-refractivity contribution is 7.89. The number of carbonyl (C=O) groups is 1. The molecule has 0 bridgehead atoms. The van der Waals surface area contributed by atoms with Gasteiger partial charge >= 0.3 is 0 Å². The monoisotopic (exact) mass is 401 g/mol. The van der Waals surface area contributed by atoms with Gasteiger partial charge < -0.3 is 9.80 Å². The molecule has 1 heterocycles. The second-order valence-corrected chi connectivity index (χ2v) is 9.46. The van der Waals surface area contributed by atoms with E-state index in [2.05, 4.69) is 36.9 Å². The summed E-state index contributed by atoms with van der Waals surface area (Å²) in [5.41, 5.74) is 4.28. The lowest BCUT2D eigenvalue weighted by atomic mass is 10.1. The Labute approximate surface area is 167 Å². The minimum absolute atomic E-state index is 0.0607. The maximum Gasteiger partial charge on any atom is 0.253 e. The number of hydrogen-bond donors (Lipinski definition) is 0. The van der Waals surface area contributed by atoms with E-state index in [0.717, 1.165) is 17.4 Å². The number of anilines is 1. The molecule has 2 aromatic rings. The van der Waals surface area contributed by atoms with Gasteiger partial charge in [-0.05, 0) is 55.3 Å². The molecule has 1 saturated heterocycles. The lowest BCUT2D eigenvalue weighted by Crippen LogP contribution is -2.49. The first-order valence-electron chi connectivity index (χ1n) is 9.35. The average molecular weight is 402 g/mol. The molecular formula is C21H27N3O3S. The molecule has 0 radical (unpaired) electrons. The second kappa shape index (κ2) is 7.93. The van der Waals surface area contributed by atoms with Crippen molar-refractivity contribution in [2.75, 3.05) is 45.2 Å². The van der Waals surface area contributed by atoms with Gasteiger partial charge in [0.05, 0.1) is 4.90 Å². The molecule has 0 aromatic heterocycles. The van der Waals surface area contributed by atoms with Crippen LogP contribution in [0.2, 0.25) is 0 Å². The zero-order chi connectivity index (χ0) is 20.5. The largest absolute Gasteiger partial charge is 0.368 e. The Balaban J connectivity index is 1.68. The van der Waals surface area contributed by atoms with Crippen molar-refractivity contribution in [1.29, 1.82) is 0 Å². The average Bonchev–Trinajstić information content (AvgIpc) is 2.69. The Kier molecular flexibility index (Phi) is 5.76. The fourth-order valence-corrected chi connectivity index (χ4v) is 4.29. The molecule has 3 rings (SSSR count). The van der Waals surface area contributed by atoms with Crippen LogP contribution in [0.25, 0.3) is 0 Å². The van der Waals surface area contributed by atoms with Gasteiger partial charge in [-0.1, -0.05) is 12.1 Å². The van der Waals surface area contributed by atoms with E-state index < -0.39 is 10.0 Å². The van der Waals surface area contributed by atoms with Crippen molar-refractivity contribution in [2.24, 2.45) is 0 Å². The van der Waals surface area contributed by atoms with Crippen molar-refractivity contribution in [3.8, 4) is 0 Å². The van der Waals surface area contributed by atoms with E-state index in [-0.39, 0.29) is 10.8 Å². The van der Waals surface area contributed by atoms with E-state index in [1.807, 2.05) is 4.90 Å². The molecule has 1 aliphatic heterocycles. The van der Waals surface area contributed by atoms with Crippen LogP contribution in [0.15, 0.2) is 47.4 Å². The Morgan fingerprint density at radius 1 is 0.929 bits per heavy atom. The maximum atomic E-state index is 12.8. The van der Waals surface area contributed by atoms with E-state index in [1.54, 1.807) is 12.1 Å². The Hall–Kier alpha value is -2.38. The highest BCUT2D eigenvalue weighted by Crippen LogP contribution is 2.24. The molecular weight excluding hydrogens is 374 g/mol. The third-order valence-corrected chi connectivity index (χ3v) is 7.19. The van der Waals surface area contributed by atoms with Crippen molar-refractivity contribution in [1.82, 2.24) is 9.21 Å². The number of hydrogen-bond acceptors (Lipinski definition) is 4. The van der Waals surface area contributed by atoms with Crippen LogP contribution in [0.5, 0.6) is 0 Å². The summed E-state index contributed by atoms with van der Waals surface area (Å²) < 4.78 is 25.5. The van der Waals surface area contributed by atoms with Gasteiger partial charge in [-0.25, -0.2) is 12.7 Å². The topological polar surface area (TPSA) is 60.9 Å². The fourth-order valence-electron chi connectivity index (χ4n) is 3.39. The van der Waals surface area contributed by atoms with Gasteiger partial charge in [0.15, 0.2) is 0 Å². The fraction of sp³-hybridized carbons (Fsp3) is 0.381. The number of carbonyl (C=O) groups excluding carboxylic acids is 1. The molecule has 0 aliphatic carbocycles. The quantitative estimate of drug-likeness (QED) is 0.790. The number of rotatable bonds is 4. The minimum atomic E-state index is -3.49. The summed E-state index contributed by atoms with van der Waals surface area (Å²) >= 11 is 0. The van der Waals surface area contributed by atoms with Crippen LogP contribution in [0.1, 0.15) is 21.5 Å². The predicted octanol–water partition coefficient (Wildman–Crippen LogP) is 2.52. The van der Waals surface area contributed by atoms with Gasteiger partial charge in [-0.15, -0.1) is 0 Å². The maximum absolute atomic E-state index is 12.8. The SMILES string of the molecule is Cc1cccc(N2CCN(C(=O)c3ccc(S(=O)(=O)N(C)C)cc3)CC2)c1C. The van der Waals surface area contributed by atoms with E-state index >= 15 is 0 Å². The van der Waals surface area contributed by atoms with Crippen LogP contribution in [-0.2, 0) is 10.0 Å². The summed E-state index contributed by atoms with van der Waals surface area (Å²) in [6.45, 7) is 7.09. The van der Waals surface area contributed by atoms with Gasteiger partial charge in [0.25, 0.3) is 5.91 Å². The second-order valence-electron chi connectivity index (χ2n) is 7.31. The molecule has 150 valence electrons. The third-order valence-electron chi connectivity index (χ3n) is 5.36. The highest BCUT2D eigenvalue weighted by Gasteiger charge is 2.24. The standard InChI is InChI=1S/C21H27N3O3S/c1-16-6-5-7-20(17(16)2)23-12-14-24(15-13-23)21(25)18-8-10-19(11-9-18)28(26,27)22(3)4/h5-11H,12-15H2,1-4H3. The van der Waals surface area contributed by atoms with Crippen LogP contribution in [-0.4, -0.2) is 63.8 Å². The highest BCUT2D eigenvalue weighted by atomic mass is 32.2. The minimum Gasteiger partial charge on any atom is -0.368 e. The normalized spacial score (nSPS) is 15.2. The number of piperazine rings is 1. The third kappa shape index (κ3) is 3.91. The smallest absolute Gasteiger partial charge is 0.253 e. The molecule has 28 heavy (non-hydrogen) atoms. The molecule has 7 heteroatoms. The summed E-state index contributed by atoms with van der Waals surface area (Å²) in [5, 5.41) is 0. The van der Waals surface area contributed by atoms with Gasteiger partial charge in [-0.3, -0.25) is 4.79 Å². The van der Waals surface area contributed by atoms with Crippen LogP contribution in [0, 0.1) is 13.8 Å². The Bertz CT molecular complexity index is 961. The van der Waals surface area contributed by atoms with Crippen LogP contribution >= 0.6 is 0 Å². The van der Waals surface area contributed by atoms with Crippen LogP contribution in [0.4, 0.5) is 5.69 Å². The van der Waals surface area contributed by atoms with Crippen molar-refractivity contribution >= 4 is 21.6 Å². The Morgan fingerprint density at radius 2 is 1.54 bits per heavy atom. The van der Waals surface area contributed by atoms with E-state index in [4.69, 9.17) is 0 Å². The molecule has 0 spiro atoms. The zero-order valence-electron chi connectivity index (χ0n) is 16.8. The first-order chi connectivity index (χ1) is 13.2. The van der Waals surface area contributed by atoms with E-state index in [1.165, 1.54) is 43.0 Å². The van der Waals surface area contributed by atoms with E-state index in [9.17, 15) is 13.2 Å². The van der Waals surface area contributed by atoms with Gasteiger partial charge in [0, 0.05) is 51.5 Å². The molecule has 1 fully saturated rings. The van der Waals surface area contributed by atoms with Crippen molar-refractivity contribution in [3.63, 3.8) is 0 Å². The number of nitrogens with zero attached hydrogens (tertiary/aromatic N) is 3. The van der Waals surface area contributed by atoms with Crippen molar-refractivity contribution in [2.45, 2.75) is 18.7 Å². The summed E-state index contributed by atoms with van der Waals surface area (Å²) in [6, 6.07) is 12.5. The molecule has 1 aliphatic rings. The van der Waals surface area contributed by atoms with E-state index in [0.29, 0.717) is 18.7 Å².